The van der Waals surface area contributed by atoms with Crippen LogP contribution in [0.4, 0.5) is 5.82 Å². The standard InChI is InChI=1S/C26H28N2O4/c1-17-4-3-5-18(10-17)13-27-24-8-6-20(14-28-24)21-11-19(7-9-25(29)30)26(31-2)23(12-21)22-15-32-16-22/h3-6,8,10-12,14,22H,7,9,13,15-16H2,1-2H3,(H,27,28)(H,29,30). The number of anilines is 1. The number of rotatable bonds is 9. The van der Waals surface area contributed by atoms with Crippen molar-refractivity contribution in [2.24, 2.45) is 0 Å². The maximum atomic E-state index is 11.2. The van der Waals surface area contributed by atoms with Crippen LogP contribution in [0.2, 0.25) is 0 Å². The van der Waals surface area contributed by atoms with E-state index in [4.69, 9.17) is 14.6 Å². The van der Waals surface area contributed by atoms with Crippen molar-refractivity contribution >= 4 is 11.8 Å². The summed E-state index contributed by atoms with van der Waals surface area (Å²) in [6.45, 7) is 4.10. The molecule has 0 amide bonds. The number of carboxylic acid groups (broad SMARTS) is 1. The minimum Gasteiger partial charge on any atom is -0.496 e. The van der Waals surface area contributed by atoms with Crippen LogP contribution in [0.25, 0.3) is 11.1 Å². The molecule has 1 fully saturated rings. The van der Waals surface area contributed by atoms with Crippen LogP contribution in [0, 0.1) is 6.92 Å². The summed E-state index contributed by atoms with van der Waals surface area (Å²) in [6.07, 6.45) is 2.32. The molecule has 6 heteroatoms. The molecule has 3 aromatic rings. The van der Waals surface area contributed by atoms with Crippen molar-refractivity contribution in [3.05, 3.63) is 77.0 Å². The third-order valence-electron chi connectivity index (χ3n) is 5.74. The second-order valence-corrected chi connectivity index (χ2v) is 8.16. The molecular weight excluding hydrogens is 404 g/mol. The van der Waals surface area contributed by atoms with E-state index < -0.39 is 5.97 Å². The van der Waals surface area contributed by atoms with Crippen LogP contribution in [0.3, 0.4) is 0 Å². The predicted octanol–water partition coefficient (Wildman–Crippen LogP) is 4.81. The number of ether oxygens (including phenoxy) is 2. The van der Waals surface area contributed by atoms with Gasteiger partial charge in [0.15, 0.2) is 0 Å². The van der Waals surface area contributed by atoms with Gasteiger partial charge in [0.1, 0.15) is 11.6 Å². The molecule has 2 aromatic carbocycles. The highest BCUT2D eigenvalue weighted by atomic mass is 16.5. The number of aryl methyl sites for hydroxylation is 2. The van der Waals surface area contributed by atoms with E-state index in [1.165, 1.54) is 11.1 Å². The third kappa shape index (κ3) is 5.08. The summed E-state index contributed by atoms with van der Waals surface area (Å²) in [5, 5.41) is 12.5. The number of carbonyl (C=O) groups is 1. The molecule has 1 aliphatic heterocycles. The van der Waals surface area contributed by atoms with E-state index in [-0.39, 0.29) is 12.3 Å². The van der Waals surface area contributed by atoms with Gasteiger partial charge in [0.25, 0.3) is 0 Å². The van der Waals surface area contributed by atoms with Crippen molar-refractivity contribution < 1.29 is 19.4 Å². The van der Waals surface area contributed by atoms with E-state index in [9.17, 15) is 4.79 Å². The molecule has 0 unspecified atom stereocenters. The van der Waals surface area contributed by atoms with Crippen molar-refractivity contribution in [1.82, 2.24) is 4.98 Å². The molecule has 0 spiro atoms. The van der Waals surface area contributed by atoms with E-state index >= 15 is 0 Å². The zero-order valence-corrected chi connectivity index (χ0v) is 18.4. The van der Waals surface area contributed by atoms with Crippen molar-refractivity contribution in [2.45, 2.75) is 32.2 Å². The predicted molar refractivity (Wildman–Crippen MR) is 124 cm³/mol. The van der Waals surface area contributed by atoms with Crippen LogP contribution >= 0.6 is 0 Å². The molecule has 1 aliphatic rings. The molecule has 0 atom stereocenters. The summed E-state index contributed by atoms with van der Waals surface area (Å²) >= 11 is 0. The summed E-state index contributed by atoms with van der Waals surface area (Å²) in [4.78, 5) is 15.7. The fourth-order valence-electron chi connectivity index (χ4n) is 3.96. The van der Waals surface area contributed by atoms with Crippen LogP contribution in [-0.2, 0) is 22.5 Å². The van der Waals surface area contributed by atoms with Crippen LogP contribution in [0.1, 0.15) is 34.6 Å². The minimum absolute atomic E-state index is 0.0560. The summed E-state index contributed by atoms with van der Waals surface area (Å²) < 4.78 is 11.1. The summed E-state index contributed by atoms with van der Waals surface area (Å²) in [5.41, 5.74) is 6.40. The van der Waals surface area contributed by atoms with Gasteiger partial charge in [0.05, 0.1) is 20.3 Å². The second kappa shape index (κ2) is 9.83. The summed E-state index contributed by atoms with van der Waals surface area (Å²) in [7, 11) is 1.64. The Bertz CT molecular complexity index is 1090. The first-order valence-electron chi connectivity index (χ1n) is 10.8. The van der Waals surface area contributed by atoms with E-state index in [2.05, 4.69) is 47.6 Å². The number of nitrogens with zero attached hydrogens (tertiary/aromatic N) is 1. The number of benzene rings is 2. The van der Waals surface area contributed by atoms with E-state index in [1.807, 2.05) is 24.4 Å². The van der Waals surface area contributed by atoms with Gasteiger partial charge in [-0.05, 0) is 54.3 Å². The lowest BCUT2D eigenvalue weighted by Gasteiger charge is -2.29. The summed E-state index contributed by atoms with van der Waals surface area (Å²) in [6, 6.07) is 16.5. The SMILES string of the molecule is COc1c(CCC(=O)O)cc(-c2ccc(NCc3cccc(C)c3)nc2)cc1C1COC1. The van der Waals surface area contributed by atoms with E-state index in [1.54, 1.807) is 7.11 Å². The van der Waals surface area contributed by atoms with Crippen molar-refractivity contribution in [1.29, 1.82) is 0 Å². The van der Waals surface area contributed by atoms with Gasteiger partial charge in [0.2, 0.25) is 0 Å². The Balaban J connectivity index is 1.57. The fraction of sp³-hybridized carbons (Fsp3) is 0.308. The van der Waals surface area contributed by atoms with Gasteiger partial charge in [-0.1, -0.05) is 29.8 Å². The van der Waals surface area contributed by atoms with Crippen LogP contribution < -0.4 is 10.1 Å². The lowest BCUT2D eigenvalue weighted by Crippen LogP contribution is -2.26. The molecule has 6 nitrogen and oxygen atoms in total. The lowest BCUT2D eigenvalue weighted by atomic mass is 9.89. The van der Waals surface area contributed by atoms with Crippen molar-refractivity contribution in [3.63, 3.8) is 0 Å². The molecule has 4 rings (SSSR count). The van der Waals surface area contributed by atoms with E-state index in [0.29, 0.717) is 26.2 Å². The third-order valence-corrected chi connectivity index (χ3v) is 5.74. The molecule has 32 heavy (non-hydrogen) atoms. The number of carboxylic acids is 1. The normalized spacial score (nSPS) is 13.4. The van der Waals surface area contributed by atoms with Gasteiger partial charge in [0, 0.05) is 36.2 Å². The number of pyridine rings is 1. The zero-order chi connectivity index (χ0) is 22.5. The fourth-order valence-corrected chi connectivity index (χ4v) is 3.96. The highest BCUT2D eigenvalue weighted by molar-refractivity contribution is 5.70. The lowest BCUT2D eigenvalue weighted by molar-refractivity contribution is -0.136. The molecule has 1 aromatic heterocycles. The van der Waals surface area contributed by atoms with Gasteiger partial charge in [-0.2, -0.15) is 0 Å². The molecule has 0 radical (unpaired) electrons. The van der Waals surface area contributed by atoms with Crippen LogP contribution in [-0.4, -0.2) is 36.4 Å². The van der Waals surface area contributed by atoms with Crippen LogP contribution in [0.5, 0.6) is 5.75 Å². The molecule has 1 saturated heterocycles. The highest BCUT2D eigenvalue weighted by Gasteiger charge is 2.26. The largest absolute Gasteiger partial charge is 0.496 e. The van der Waals surface area contributed by atoms with E-state index in [0.717, 1.165) is 33.8 Å². The molecule has 2 N–H and O–H groups in total. The highest BCUT2D eigenvalue weighted by Crippen LogP contribution is 2.38. The molecule has 166 valence electrons. The molecule has 2 heterocycles. The Kier molecular flexibility index (Phi) is 6.71. The average molecular weight is 433 g/mol. The number of aromatic nitrogens is 1. The molecule has 0 saturated carbocycles. The molecule has 0 bridgehead atoms. The van der Waals surface area contributed by atoms with Gasteiger partial charge >= 0.3 is 5.97 Å². The van der Waals surface area contributed by atoms with Gasteiger partial charge in [-0.25, -0.2) is 4.98 Å². The van der Waals surface area contributed by atoms with Crippen molar-refractivity contribution in [2.75, 3.05) is 25.6 Å². The smallest absolute Gasteiger partial charge is 0.303 e. The Morgan fingerprint density at radius 2 is 2.03 bits per heavy atom. The van der Waals surface area contributed by atoms with Gasteiger partial charge in [-0.15, -0.1) is 0 Å². The number of aliphatic carboxylic acids is 1. The monoisotopic (exact) mass is 432 g/mol. The van der Waals surface area contributed by atoms with Gasteiger partial charge in [-0.3, -0.25) is 4.79 Å². The second-order valence-electron chi connectivity index (χ2n) is 8.16. The molecule has 0 aliphatic carbocycles. The Labute approximate surface area is 188 Å². The summed E-state index contributed by atoms with van der Waals surface area (Å²) in [5.74, 6) is 1.02. The van der Waals surface area contributed by atoms with Crippen molar-refractivity contribution in [3.8, 4) is 16.9 Å². The Hall–Kier alpha value is -3.38. The maximum Gasteiger partial charge on any atom is 0.303 e. The topological polar surface area (TPSA) is 80.7 Å². The zero-order valence-electron chi connectivity index (χ0n) is 18.4. The Morgan fingerprint density at radius 3 is 2.66 bits per heavy atom. The maximum absolute atomic E-state index is 11.2. The Morgan fingerprint density at radius 1 is 1.19 bits per heavy atom. The minimum atomic E-state index is -0.823. The average Bonchev–Trinajstić information content (AvgIpc) is 2.75. The number of nitrogens with one attached hydrogen (secondary N) is 1. The van der Waals surface area contributed by atoms with Crippen LogP contribution in [0.15, 0.2) is 54.7 Å². The first kappa shape index (κ1) is 21.8. The van der Waals surface area contributed by atoms with Gasteiger partial charge < -0.3 is 19.9 Å². The molecular formula is C26H28N2O4. The number of hydrogen-bond donors (Lipinski definition) is 2. The number of methoxy groups -OCH3 is 1. The number of hydrogen-bond acceptors (Lipinski definition) is 5. The first-order chi connectivity index (χ1) is 15.5. The first-order valence-corrected chi connectivity index (χ1v) is 10.8. The quantitative estimate of drug-likeness (QED) is 0.505.